The molecule has 15 heavy (non-hydrogen) atoms. The second-order valence-electron chi connectivity index (χ2n) is 2.88. The highest BCUT2D eigenvalue weighted by molar-refractivity contribution is 5.91. The number of amides is 1. The van der Waals surface area contributed by atoms with Gasteiger partial charge in [0.15, 0.2) is 0 Å². The molecule has 0 unspecified atom stereocenters. The summed E-state index contributed by atoms with van der Waals surface area (Å²) in [6, 6.07) is 1.24. The zero-order valence-corrected chi connectivity index (χ0v) is 8.25. The van der Waals surface area contributed by atoms with E-state index >= 15 is 0 Å². The van der Waals surface area contributed by atoms with Crippen molar-refractivity contribution in [1.29, 1.82) is 0 Å². The third kappa shape index (κ3) is 2.20. The highest BCUT2D eigenvalue weighted by Gasteiger charge is 2.19. The molecule has 6 heteroatoms. The molecule has 0 saturated carbocycles. The Hall–Kier alpha value is -1.72. The van der Waals surface area contributed by atoms with Crippen molar-refractivity contribution in [2.75, 3.05) is 7.11 Å². The van der Waals surface area contributed by atoms with E-state index < -0.39 is 18.0 Å². The normalized spacial score (nSPS) is 10.5. The summed E-state index contributed by atoms with van der Waals surface area (Å²) >= 11 is 0. The lowest BCUT2D eigenvalue weighted by molar-refractivity contribution is 0.0992. The molecule has 0 aliphatic rings. The number of ether oxygens (including phenoxy) is 1. The SMILES string of the molecule is COc1cc(C(N)=O)nc(C(F)F)c1C. The monoisotopic (exact) mass is 216 g/mol. The van der Waals surface area contributed by atoms with Crippen molar-refractivity contribution in [3.63, 3.8) is 0 Å². The van der Waals surface area contributed by atoms with E-state index in [1.165, 1.54) is 20.1 Å². The van der Waals surface area contributed by atoms with E-state index in [-0.39, 0.29) is 17.0 Å². The van der Waals surface area contributed by atoms with Crippen molar-refractivity contribution in [2.24, 2.45) is 5.73 Å². The number of aromatic nitrogens is 1. The number of rotatable bonds is 3. The molecule has 1 rings (SSSR count). The van der Waals surface area contributed by atoms with E-state index in [0.29, 0.717) is 0 Å². The van der Waals surface area contributed by atoms with E-state index in [1.807, 2.05) is 0 Å². The third-order valence-corrected chi connectivity index (χ3v) is 1.94. The Morgan fingerprint density at radius 1 is 1.60 bits per heavy atom. The van der Waals surface area contributed by atoms with Crippen LogP contribution in [0.4, 0.5) is 8.78 Å². The first-order valence-corrected chi connectivity index (χ1v) is 4.10. The molecule has 0 bridgehead atoms. The lowest BCUT2D eigenvalue weighted by Crippen LogP contribution is -2.15. The fraction of sp³-hybridized carbons (Fsp3) is 0.333. The summed E-state index contributed by atoms with van der Waals surface area (Å²) in [5, 5.41) is 0. The molecule has 2 N–H and O–H groups in total. The number of halogens is 2. The molecular weight excluding hydrogens is 206 g/mol. The first kappa shape index (κ1) is 11.4. The zero-order chi connectivity index (χ0) is 11.6. The van der Waals surface area contributed by atoms with Crippen LogP contribution in [0.5, 0.6) is 5.75 Å². The van der Waals surface area contributed by atoms with E-state index in [0.717, 1.165) is 0 Å². The number of hydrogen-bond donors (Lipinski definition) is 1. The van der Waals surface area contributed by atoms with Crippen LogP contribution >= 0.6 is 0 Å². The van der Waals surface area contributed by atoms with Gasteiger partial charge in [-0.15, -0.1) is 0 Å². The van der Waals surface area contributed by atoms with Gasteiger partial charge in [0.25, 0.3) is 12.3 Å². The summed E-state index contributed by atoms with van der Waals surface area (Å²) in [6.07, 6.45) is -2.77. The maximum absolute atomic E-state index is 12.5. The molecule has 1 amide bonds. The smallest absolute Gasteiger partial charge is 0.280 e. The average molecular weight is 216 g/mol. The summed E-state index contributed by atoms with van der Waals surface area (Å²) in [5.74, 6) is -0.690. The van der Waals surface area contributed by atoms with Crippen LogP contribution in [0.3, 0.4) is 0 Å². The number of pyridine rings is 1. The largest absolute Gasteiger partial charge is 0.496 e. The van der Waals surface area contributed by atoms with Gasteiger partial charge in [-0.1, -0.05) is 0 Å². The summed E-state index contributed by atoms with van der Waals surface area (Å²) in [7, 11) is 1.32. The van der Waals surface area contributed by atoms with Gasteiger partial charge in [-0.2, -0.15) is 0 Å². The van der Waals surface area contributed by atoms with Gasteiger partial charge in [-0.05, 0) is 6.92 Å². The van der Waals surface area contributed by atoms with Crippen molar-refractivity contribution in [1.82, 2.24) is 4.98 Å². The number of nitrogens with zero attached hydrogens (tertiary/aromatic N) is 1. The van der Waals surface area contributed by atoms with Crippen LogP contribution in [-0.2, 0) is 0 Å². The first-order valence-electron chi connectivity index (χ1n) is 4.10. The van der Waals surface area contributed by atoms with E-state index in [9.17, 15) is 13.6 Å². The molecule has 0 fully saturated rings. The van der Waals surface area contributed by atoms with E-state index in [1.54, 1.807) is 0 Å². The highest BCUT2D eigenvalue weighted by Crippen LogP contribution is 2.28. The van der Waals surface area contributed by atoms with Crippen LogP contribution in [-0.4, -0.2) is 18.0 Å². The van der Waals surface area contributed by atoms with Gasteiger partial charge < -0.3 is 10.5 Å². The summed E-state index contributed by atoms with van der Waals surface area (Å²) < 4.78 is 29.9. The highest BCUT2D eigenvalue weighted by atomic mass is 19.3. The minimum Gasteiger partial charge on any atom is -0.496 e. The van der Waals surface area contributed by atoms with Gasteiger partial charge in [0.2, 0.25) is 0 Å². The quantitative estimate of drug-likeness (QED) is 0.831. The Labute approximate surface area is 85.1 Å². The Bertz CT molecular complexity index is 394. The van der Waals surface area contributed by atoms with Gasteiger partial charge in [-0.3, -0.25) is 4.79 Å². The van der Waals surface area contributed by atoms with Gasteiger partial charge in [0.1, 0.15) is 17.1 Å². The van der Waals surface area contributed by atoms with Crippen molar-refractivity contribution >= 4 is 5.91 Å². The third-order valence-electron chi connectivity index (χ3n) is 1.94. The maximum Gasteiger partial charge on any atom is 0.280 e. The van der Waals surface area contributed by atoms with Crippen LogP contribution in [0, 0.1) is 6.92 Å². The predicted molar refractivity (Wildman–Crippen MR) is 49.0 cm³/mol. The van der Waals surface area contributed by atoms with E-state index in [4.69, 9.17) is 10.5 Å². The number of carbonyl (C=O) groups excluding carboxylic acids is 1. The molecule has 1 aromatic rings. The number of alkyl halides is 2. The van der Waals surface area contributed by atoms with Gasteiger partial charge in [0, 0.05) is 11.6 Å². The molecule has 0 spiro atoms. The number of primary amides is 1. The Morgan fingerprint density at radius 2 is 2.20 bits per heavy atom. The summed E-state index contributed by atoms with van der Waals surface area (Å²) in [6.45, 7) is 1.44. The van der Waals surface area contributed by atoms with Crippen molar-refractivity contribution < 1.29 is 18.3 Å². The molecule has 1 aromatic heterocycles. The fourth-order valence-electron chi connectivity index (χ4n) is 1.16. The van der Waals surface area contributed by atoms with E-state index in [2.05, 4.69) is 4.98 Å². The molecule has 0 aliphatic heterocycles. The minimum absolute atomic E-state index is 0.175. The summed E-state index contributed by atoms with van der Waals surface area (Å²) in [5.41, 5.74) is 4.45. The second-order valence-corrected chi connectivity index (χ2v) is 2.88. The first-order chi connectivity index (χ1) is 6.97. The zero-order valence-electron chi connectivity index (χ0n) is 8.25. The second kappa shape index (κ2) is 4.20. The Balaban J connectivity index is 3.38. The topological polar surface area (TPSA) is 65.2 Å². The molecule has 4 nitrogen and oxygen atoms in total. The van der Waals surface area contributed by atoms with Crippen LogP contribution in [0.1, 0.15) is 28.2 Å². The number of methoxy groups -OCH3 is 1. The molecule has 0 saturated heterocycles. The molecular formula is C9H10F2N2O2. The van der Waals surface area contributed by atoms with Gasteiger partial charge >= 0.3 is 0 Å². The van der Waals surface area contributed by atoms with Gasteiger partial charge in [-0.25, -0.2) is 13.8 Å². The van der Waals surface area contributed by atoms with Crippen LogP contribution in [0.2, 0.25) is 0 Å². The molecule has 82 valence electrons. The van der Waals surface area contributed by atoms with Crippen molar-refractivity contribution in [3.05, 3.63) is 23.0 Å². The number of nitrogens with two attached hydrogens (primary N) is 1. The van der Waals surface area contributed by atoms with Crippen LogP contribution in [0.25, 0.3) is 0 Å². The lowest BCUT2D eigenvalue weighted by Gasteiger charge is -2.10. The van der Waals surface area contributed by atoms with Crippen LogP contribution < -0.4 is 10.5 Å². The molecule has 0 radical (unpaired) electrons. The van der Waals surface area contributed by atoms with Gasteiger partial charge in [0.05, 0.1) is 7.11 Å². The minimum atomic E-state index is -2.77. The summed E-state index contributed by atoms with van der Waals surface area (Å²) in [4.78, 5) is 14.3. The maximum atomic E-state index is 12.5. The fourth-order valence-corrected chi connectivity index (χ4v) is 1.16. The number of hydrogen-bond acceptors (Lipinski definition) is 3. The average Bonchev–Trinajstić information content (AvgIpc) is 2.17. The Morgan fingerprint density at radius 3 is 2.60 bits per heavy atom. The molecule has 0 aromatic carbocycles. The predicted octanol–water partition coefficient (Wildman–Crippen LogP) is 1.44. The molecule has 1 heterocycles. The standard InChI is InChI=1S/C9H10F2N2O2/c1-4-6(15-2)3-5(9(12)14)13-7(4)8(10)11/h3,8H,1-2H3,(H2,12,14). The Kier molecular flexibility index (Phi) is 3.18. The lowest BCUT2D eigenvalue weighted by atomic mass is 10.1. The van der Waals surface area contributed by atoms with Crippen molar-refractivity contribution in [3.8, 4) is 5.75 Å². The van der Waals surface area contributed by atoms with Crippen LogP contribution in [0.15, 0.2) is 6.07 Å². The van der Waals surface area contributed by atoms with Crippen molar-refractivity contribution in [2.45, 2.75) is 13.3 Å². The molecule has 0 aliphatic carbocycles. The molecule has 0 atom stereocenters. The number of carbonyl (C=O) groups is 1.